The van der Waals surface area contributed by atoms with Crippen molar-refractivity contribution in [2.45, 2.75) is 113 Å². The van der Waals surface area contributed by atoms with Crippen molar-refractivity contribution in [2.24, 2.45) is 0 Å². The second kappa shape index (κ2) is 15.2. The van der Waals surface area contributed by atoms with Gasteiger partial charge in [0.25, 0.3) is 8.32 Å². The lowest BCUT2D eigenvalue weighted by Crippen LogP contribution is -2.68. The quantitative estimate of drug-likeness (QED) is 0.141. The third-order valence-electron chi connectivity index (χ3n) is 10.9. The molecule has 0 radical (unpaired) electrons. The van der Waals surface area contributed by atoms with Crippen LogP contribution in [-0.2, 0) is 15.9 Å². The number of carbonyl (C=O) groups is 1. The van der Waals surface area contributed by atoms with Crippen molar-refractivity contribution in [1.82, 2.24) is 0 Å². The first kappa shape index (κ1) is 39.0. The molecule has 0 aliphatic carbocycles. The third-order valence-corrected chi connectivity index (χ3v) is 23.4. The highest BCUT2D eigenvalue weighted by atomic mass is 32.2. The van der Waals surface area contributed by atoms with Crippen molar-refractivity contribution in [3.8, 4) is 11.5 Å². The average Bonchev–Trinajstić information content (AvgIpc) is 3.82. The Balaban J connectivity index is 1.59. The van der Waals surface area contributed by atoms with Crippen molar-refractivity contribution in [2.75, 3.05) is 11.5 Å². The van der Waals surface area contributed by atoms with E-state index in [0.717, 1.165) is 29.2 Å². The van der Waals surface area contributed by atoms with Crippen LogP contribution in [0, 0.1) is 0 Å². The molecule has 3 aliphatic rings. The van der Waals surface area contributed by atoms with Gasteiger partial charge in [-0.15, -0.1) is 23.5 Å². The number of rotatable bonds is 6. The molecule has 2 saturated heterocycles. The van der Waals surface area contributed by atoms with E-state index in [1.54, 1.807) is 0 Å². The number of benzene rings is 3. The highest BCUT2D eigenvalue weighted by molar-refractivity contribution is 8.19. The van der Waals surface area contributed by atoms with Crippen LogP contribution >= 0.6 is 23.5 Å². The molecule has 0 aromatic heterocycles. The van der Waals surface area contributed by atoms with Gasteiger partial charge in [-0.25, -0.2) is 4.79 Å². The van der Waals surface area contributed by atoms with E-state index < -0.39 is 16.6 Å². The van der Waals surface area contributed by atoms with E-state index in [1.165, 1.54) is 10.4 Å². The number of thioether (sulfide) groups is 2. The minimum Gasteiger partial charge on any atom is -0.543 e. The van der Waals surface area contributed by atoms with E-state index in [-0.39, 0.29) is 38.4 Å². The Bertz CT molecular complexity index is 1730. The van der Waals surface area contributed by atoms with Gasteiger partial charge >= 0.3 is 14.3 Å². The predicted octanol–water partition coefficient (Wildman–Crippen LogP) is 9.95. The summed E-state index contributed by atoms with van der Waals surface area (Å²) in [7, 11) is -5.45. The van der Waals surface area contributed by atoms with E-state index >= 15 is 0 Å². The lowest BCUT2D eigenvalue weighted by Gasteiger charge is -2.43. The number of hydrogen-bond acceptors (Lipinski definition) is 7. The van der Waals surface area contributed by atoms with Gasteiger partial charge in [0, 0.05) is 18.9 Å². The molecular weight excluding hydrogens is 717 g/mol. The first-order valence-corrected chi connectivity index (χ1v) is 25.5. The zero-order chi connectivity index (χ0) is 37.4. The number of fused-ring (bicyclic) bond motifs is 2. The maximum atomic E-state index is 14.6. The topological polar surface area (TPSA) is 57.3 Å². The molecule has 0 saturated carbocycles. The molecule has 52 heavy (non-hydrogen) atoms. The molecule has 0 unspecified atom stereocenters. The van der Waals surface area contributed by atoms with Gasteiger partial charge in [-0.05, 0) is 70.0 Å². The van der Waals surface area contributed by atoms with Crippen LogP contribution in [0.5, 0.6) is 11.5 Å². The summed E-state index contributed by atoms with van der Waals surface area (Å²) in [6.07, 6.45) is 11.0. The maximum Gasteiger partial charge on any atom is 0.342 e. The van der Waals surface area contributed by atoms with Crippen LogP contribution in [0.1, 0.15) is 77.2 Å². The first-order chi connectivity index (χ1) is 24.5. The fraction of sp³-hybridized carbons (Fsp3) is 0.465. The van der Waals surface area contributed by atoms with E-state index in [9.17, 15) is 4.79 Å². The molecule has 0 bridgehead atoms. The standard InChI is InChI=1S/C43H56O5S2Si2/c1-31-27-37-36(46-37)23-16-17-24-43(49-25-18-26-50-43)30-32-28-33(29-38(39(32)40(44)45-31)48-51(8,9)41(2,3)4)47-52(42(5,6)7,34-19-12-10-13-20-34)35-21-14-11-15-22-35/h10-17,19-24,28-29,31,36-37H,18,25-27,30H2,1-9H3/b23-16-,24-17+/t31-,36-,37-/m1/s1. The van der Waals surface area contributed by atoms with Crippen LogP contribution < -0.4 is 19.2 Å². The van der Waals surface area contributed by atoms with E-state index in [4.69, 9.17) is 18.3 Å². The second-order valence-corrected chi connectivity index (χ2v) is 29.0. The lowest BCUT2D eigenvalue weighted by atomic mass is 10.00. The SMILES string of the molecule is C[C@@H]1C[C@H]2O[C@@H]2/C=C\C=C\C2(Cc3cc(O[Si](c4ccccc4)(c4ccccc4)C(C)(C)C)cc(O[Si](C)(C)C(C)(C)C)c3C(=O)O1)SCCCS2. The van der Waals surface area contributed by atoms with E-state index in [1.807, 2.05) is 36.5 Å². The summed E-state index contributed by atoms with van der Waals surface area (Å²) in [4.78, 5) is 14.6. The Kier molecular flexibility index (Phi) is 11.4. The average molecular weight is 773 g/mol. The van der Waals surface area contributed by atoms with Gasteiger partial charge < -0.3 is 18.3 Å². The minimum absolute atomic E-state index is 0.0485. The Hall–Kier alpha value is -2.70. The molecule has 278 valence electrons. The Morgan fingerprint density at radius 1 is 0.827 bits per heavy atom. The highest BCUT2D eigenvalue weighted by Gasteiger charge is 2.52. The van der Waals surface area contributed by atoms with Crippen molar-refractivity contribution in [3.63, 3.8) is 0 Å². The Morgan fingerprint density at radius 3 is 2.02 bits per heavy atom. The summed E-state index contributed by atoms with van der Waals surface area (Å²) >= 11 is 3.92. The van der Waals surface area contributed by atoms with Crippen LogP contribution in [0.25, 0.3) is 0 Å². The van der Waals surface area contributed by atoms with E-state index in [2.05, 4.69) is 146 Å². The molecule has 2 fully saturated rings. The first-order valence-electron chi connectivity index (χ1n) is 18.7. The molecule has 5 nitrogen and oxygen atoms in total. The molecule has 3 atom stereocenters. The number of cyclic esters (lactones) is 1. The summed E-state index contributed by atoms with van der Waals surface area (Å²) in [5.74, 6) is 3.05. The van der Waals surface area contributed by atoms with Gasteiger partial charge in [0.2, 0.25) is 0 Å². The second-order valence-electron chi connectivity index (χ2n) is 17.0. The molecule has 3 aliphatic heterocycles. The predicted molar refractivity (Wildman–Crippen MR) is 225 cm³/mol. The molecule has 1 spiro atoms. The Labute approximate surface area is 322 Å². The van der Waals surface area contributed by atoms with Gasteiger partial charge in [0.05, 0.1) is 10.2 Å². The number of carbonyl (C=O) groups excluding carboxylic acids is 1. The maximum absolute atomic E-state index is 14.6. The fourth-order valence-electron chi connectivity index (χ4n) is 7.03. The van der Waals surface area contributed by atoms with Crippen LogP contribution in [-0.4, -0.2) is 56.5 Å². The van der Waals surface area contributed by atoms with E-state index in [0.29, 0.717) is 24.2 Å². The molecular formula is C43H56O5S2Si2. The van der Waals surface area contributed by atoms with Gasteiger partial charge in [0.15, 0.2) is 0 Å². The number of hydrogen-bond donors (Lipinski definition) is 0. The summed E-state index contributed by atoms with van der Waals surface area (Å²) in [6, 6.07) is 25.6. The highest BCUT2D eigenvalue weighted by Crippen LogP contribution is 2.49. The molecule has 9 heteroatoms. The third kappa shape index (κ3) is 8.34. The number of allylic oxidation sites excluding steroid dienone is 2. The Morgan fingerprint density at radius 2 is 1.44 bits per heavy atom. The van der Waals surface area contributed by atoms with Crippen LogP contribution in [0.3, 0.4) is 0 Å². The summed E-state index contributed by atoms with van der Waals surface area (Å²) in [6.45, 7) is 20.0. The molecule has 0 N–H and O–H groups in total. The summed E-state index contributed by atoms with van der Waals surface area (Å²) in [5.41, 5.74) is 1.42. The molecule has 3 heterocycles. The molecule has 6 rings (SSSR count). The summed E-state index contributed by atoms with van der Waals surface area (Å²) in [5, 5.41) is 2.04. The number of esters is 1. The van der Waals surface area contributed by atoms with Crippen LogP contribution in [0.4, 0.5) is 0 Å². The molecule has 0 amide bonds. The normalized spacial score (nSPS) is 23.7. The zero-order valence-electron chi connectivity index (χ0n) is 32.4. The molecule has 3 aromatic carbocycles. The minimum atomic E-state index is -3.01. The number of epoxide rings is 1. The molecule has 3 aromatic rings. The van der Waals surface area contributed by atoms with Crippen molar-refractivity contribution >= 4 is 56.5 Å². The zero-order valence-corrected chi connectivity index (χ0v) is 36.0. The van der Waals surface area contributed by atoms with Gasteiger partial charge in [0.1, 0.15) is 29.3 Å². The van der Waals surface area contributed by atoms with Crippen molar-refractivity contribution in [1.29, 1.82) is 0 Å². The lowest BCUT2D eigenvalue weighted by molar-refractivity contribution is 0.0306. The van der Waals surface area contributed by atoms with Gasteiger partial charge in [-0.3, -0.25) is 0 Å². The largest absolute Gasteiger partial charge is 0.543 e. The monoisotopic (exact) mass is 772 g/mol. The summed E-state index contributed by atoms with van der Waals surface area (Å²) < 4.78 is 26.8. The van der Waals surface area contributed by atoms with Crippen molar-refractivity contribution in [3.05, 3.63) is 108 Å². The van der Waals surface area contributed by atoms with Crippen LogP contribution in [0.15, 0.2) is 97.1 Å². The van der Waals surface area contributed by atoms with Crippen molar-refractivity contribution < 1.29 is 23.1 Å². The van der Waals surface area contributed by atoms with Gasteiger partial charge in [-0.2, -0.15) is 0 Å². The fourth-order valence-corrected chi connectivity index (χ4v) is 15.6. The smallest absolute Gasteiger partial charge is 0.342 e. The van der Waals surface area contributed by atoms with Crippen LogP contribution in [0.2, 0.25) is 23.2 Å². The van der Waals surface area contributed by atoms with Gasteiger partial charge in [-0.1, -0.05) is 127 Å². The number of ether oxygens (including phenoxy) is 2.